The predicted molar refractivity (Wildman–Crippen MR) is 149 cm³/mol. The lowest BCUT2D eigenvalue weighted by atomic mass is 9.81. The maximum absolute atomic E-state index is 15.0. The van der Waals surface area contributed by atoms with E-state index in [2.05, 4.69) is 20.3 Å². The van der Waals surface area contributed by atoms with Gasteiger partial charge in [-0.3, -0.25) is 0 Å². The third kappa shape index (κ3) is 4.43. The van der Waals surface area contributed by atoms with Gasteiger partial charge in [-0.15, -0.1) is 0 Å². The van der Waals surface area contributed by atoms with Crippen molar-refractivity contribution in [3.05, 3.63) is 59.8 Å². The van der Waals surface area contributed by atoms with E-state index in [1.54, 1.807) is 43.2 Å². The van der Waals surface area contributed by atoms with E-state index in [0.717, 1.165) is 29.4 Å². The number of allylic oxidation sites excluding steroid dienone is 3. The largest absolute Gasteiger partial charge is 0.441 e. The number of anilines is 1. The number of nitrogens with one attached hydrogen (secondary N) is 1. The molecule has 1 aliphatic heterocycles. The molecule has 1 saturated heterocycles. The third-order valence-electron chi connectivity index (χ3n) is 7.89. The molecule has 0 radical (unpaired) electrons. The van der Waals surface area contributed by atoms with Crippen LogP contribution in [0, 0.1) is 5.82 Å². The molecule has 13 heteroatoms. The molecule has 210 valence electrons. The van der Waals surface area contributed by atoms with E-state index in [1.807, 2.05) is 0 Å². The number of likely N-dealkylation sites (N-methyl/N-ethyl adjacent to an activating group) is 1. The zero-order chi connectivity index (χ0) is 28.3. The molecule has 3 atom stereocenters. The predicted octanol–water partition coefficient (Wildman–Crippen LogP) is 4.83. The van der Waals surface area contributed by atoms with Gasteiger partial charge in [0.1, 0.15) is 10.3 Å². The Morgan fingerprint density at radius 2 is 2.12 bits per heavy atom. The van der Waals surface area contributed by atoms with Crippen LogP contribution in [0.2, 0.25) is 0 Å². The van der Waals surface area contributed by atoms with Crippen LogP contribution in [0.5, 0.6) is 0 Å². The van der Waals surface area contributed by atoms with Gasteiger partial charge in [0.15, 0.2) is 23.1 Å². The van der Waals surface area contributed by atoms with Crippen molar-refractivity contribution < 1.29 is 22.3 Å². The van der Waals surface area contributed by atoms with E-state index in [-0.39, 0.29) is 35.8 Å². The van der Waals surface area contributed by atoms with Crippen molar-refractivity contribution in [2.24, 2.45) is 0 Å². The summed E-state index contributed by atoms with van der Waals surface area (Å²) in [4.78, 5) is 26.6. The highest BCUT2D eigenvalue weighted by Crippen LogP contribution is 2.39. The lowest BCUT2D eigenvalue weighted by Gasteiger charge is -2.36. The Kier molecular flexibility index (Phi) is 6.37. The first-order valence-electron chi connectivity index (χ1n) is 13.0. The molecule has 4 heterocycles. The number of ether oxygens (including phenoxy) is 1. The average Bonchev–Trinajstić information content (AvgIpc) is 3.42. The van der Waals surface area contributed by atoms with Crippen LogP contribution in [0.3, 0.4) is 0 Å². The standard InChI is InChI=1S/C27H28ClFN6O4S/c1-26(9-3-6-17(28)12-26)40(37,38)35-15-20(19-8-5-11-30-24(19)35)22-31-14-21(29)23(33-22)32-18-7-4-10-27(13-18)16-34(2)25(36)39-27/h3,5-6,8,11-12,14-15,18H,4,7,9-10,13,16H2,1-2H3,(H,31,32,33)/t18-,26?,27-/m0/s1. The maximum Gasteiger partial charge on any atom is 0.410 e. The number of halogens is 2. The van der Waals surface area contributed by atoms with Gasteiger partial charge in [-0.1, -0.05) is 17.7 Å². The zero-order valence-electron chi connectivity index (χ0n) is 22.0. The first-order chi connectivity index (χ1) is 19.0. The summed E-state index contributed by atoms with van der Waals surface area (Å²) in [7, 11) is -2.32. The molecule has 3 aromatic heterocycles. The highest BCUT2D eigenvalue weighted by molar-refractivity contribution is 7.91. The van der Waals surface area contributed by atoms with Gasteiger partial charge in [-0.2, -0.15) is 0 Å². The summed E-state index contributed by atoms with van der Waals surface area (Å²) in [6, 6.07) is 3.24. The van der Waals surface area contributed by atoms with Gasteiger partial charge in [0.2, 0.25) is 10.0 Å². The molecule has 40 heavy (non-hydrogen) atoms. The van der Waals surface area contributed by atoms with Crippen molar-refractivity contribution in [1.29, 1.82) is 0 Å². The molecule has 1 N–H and O–H groups in total. The van der Waals surface area contributed by atoms with Crippen LogP contribution >= 0.6 is 11.6 Å². The van der Waals surface area contributed by atoms with Crippen LogP contribution in [0.25, 0.3) is 22.4 Å². The molecule has 3 aromatic rings. The van der Waals surface area contributed by atoms with Gasteiger partial charge in [-0.05, 0) is 56.9 Å². The summed E-state index contributed by atoms with van der Waals surface area (Å²) >= 11 is 6.18. The van der Waals surface area contributed by atoms with E-state index in [0.29, 0.717) is 28.9 Å². The topological polar surface area (TPSA) is 119 Å². The van der Waals surface area contributed by atoms with E-state index in [9.17, 15) is 17.6 Å². The van der Waals surface area contributed by atoms with Gasteiger partial charge < -0.3 is 15.0 Å². The van der Waals surface area contributed by atoms with Crippen LogP contribution in [-0.2, 0) is 14.8 Å². The van der Waals surface area contributed by atoms with Crippen LogP contribution in [-0.4, -0.2) is 68.3 Å². The Morgan fingerprint density at radius 1 is 1.30 bits per heavy atom. The molecule has 10 nitrogen and oxygen atoms in total. The van der Waals surface area contributed by atoms with Crippen molar-refractivity contribution in [2.75, 3.05) is 18.9 Å². The number of nitrogens with zero attached hydrogens (tertiary/aromatic N) is 5. The lowest BCUT2D eigenvalue weighted by molar-refractivity contribution is 0.0222. The molecule has 2 aliphatic carbocycles. The lowest BCUT2D eigenvalue weighted by Crippen LogP contribution is -2.43. The minimum Gasteiger partial charge on any atom is -0.441 e. The third-order valence-corrected chi connectivity index (χ3v) is 10.4. The second-order valence-electron chi connectivity index (χ2n) is 10.9. The molecule has 3 aliphatic rings. The zero-order valence-corrected chi connectivity index (χ0v) is 23.5. The summed E-state index contributed by atoms with van der Waals surface area (Å²) in [5.74, 6) is -0.494. The number of hydrogen-bond acceptors (Lipinski definition) is 8. The Hall–Kier alpha value is -3.51. The van der Waals surface area contributed by atoms with Crippen molar-refractivity contribution in [3.63, 3.8) is 0 Å². The van der Waals surface area contributed by atoms with E-state index < -0.39 is 26.2 Å². The normalized spacial score (nSPS) is 26.8. The van der Waals surface area contributed by atoms with E-state index in [4.69, 9.17) is 16.3 Å². The number of fused-ring (bicyclic) bond motifs is 1. The number of carbonyl (C=O) groups excluding carboxylic acids is 1. The number of rotatable bonds is 5. The first-order valence-corrected chi connectivity index (χ1v) is 14.8. The minimum absolute atomic E-state index is 0.00327. The number of aromatic nitrogens is 4. The molecular weight excluding hydrogens is 559 g/mol. The Labute approximate surface area is 236 Å². The number of amides is 1. The Balaban J connectivity index is 1.36. The summed E-state index contributed by atoms with van der Waals surface area (Å²) in [6.07, 6.45) is 11.6. The van der Waals surface area contributed by atoms with Crippen molar-refractivity contribution in [2.45, 2.75) is 55.4 Å². The van der Waals surface area contributed by atoms with E-state index >= 15 is 0 Å². The molecule has 1 spiro atoms. The van der Waals surface area contributed by atoms with Gasteiger partial charge in [0.05, 0.1) is 12.7 Å². The van der Waals surface area contributed by atoms with Crippen LogP contribution in [0.1, 0.15) is 39.0 Å². The fourth-order valence-corrected chi connectivity index (χ4v) is 7.91. The van der Waals surface area contributed by atoms with Gasteiger partial charge >= 0.3 is 6.09 Å². The molecule has 6 rings (SSSR count). The second kappa shape index (κ2) is 9.55. The minimum atomic E-state index is -4.02. The van der Waals surface area contributed by atoms with Gasteiger partial charge in [-0.25, -0.2) is 36.5 Å². The molecule has 1 amide bonds. The van der Waals surface area contributed by atoms with Gasteiger partial charge in [0, 0.05) is 47.9 Å². The number of carbonyl (C=O) groups is 1. The van der Waals surface area contributed by atoms with Crippen LogP contribution in [0.15, 0.2) is 54.0 Å². The van der Waals surface area contributed by atoms with Crippen molar-refractivity contribution in [3.8, 4) is 11.4 Å². The molecule has 0 bridgehead atoms. The second-order valence-corrected chi connectivity index (χ2v) is 13.6. The summed E-state index contributed by atoms with van der Waals surface area (Å²) in [6.45, 7) is 2.09. The molecular formula is C27H28ClFN6O4S. The van der Waals surface area contributed by atoms with Crippen LogP contribution in [0.4, 0.5) is 15.0 Å². The fraction of sp³-hybridized carbons (Fsp3) is 0.407. The Morgan fingerprint density at radius 3 is 2.88 bits per heavy atom. The smallest absolute Gasteiger partial charge is 0.410 e. The van der Waals surface area contributed by atoms with Gasteiger partial charge in [0.25, 0.3) is 0 Å². The maximum atomic E-state index is 15.0. The quantitative estimate of drug-likeness (QED) is 0.452. The molecule has 1 unspecified atom stereocenters. The SMILES string of the molecule is CN1C[C@@]2(CCC[C@H](Nc3nc(-c4cn(S(=O)(=O)C5(C)C=C(Cl)C=CC5)c5ncccc45)ncc3F)C2)OC1=O. The van der Waals surface area contributed by atoms with Crippen LogP contribution < -0.4 is 5.32 Å². The van der Waals surface area contributed by atoms with Crippen molar-refractivity contribution >= 4 is 44.6 Å². The molecule has 2 fully saturated rings. The average molecular weight is 587 g/mol. The monoisotopic (exact) mass is 586 g/mol. The van der Waals surface area contributed by atoms with Crippen molar-refractivity contribution in [1.82, 2.24) is 23.8 Å². The highest BCUT2D eigenvalue weighted by atomic mass is 35.5. The summed E-state index contributed by atoms with van der Waals surface area (Å²) in [5, 5.41) is 4.02. The molecule has 0 aromatic carbocycles. The Bertz CT molecular complexity index is 1690. The number of hydrogen-bond donors (Lipinski definition) is 1. The number of pyridine rings is 1. The fourth-order valence-electron chi connectivity index (χ4n) is 5.87. The summed E-state index contributed by atoms with van der Waals surface area (Å²) < 4.78 is 48.3. The van der Waals surface area contributed by atoms with E-state index in [1.165, 1.54) is 18.5 Å². The summed E-state index contributed by atoms with van der Waals surface area (Å²) in [5.41, 5.74) is -0.00336. The first kappa shape index (κ1) is 26.7. The highest BCUT2D eigenvalue weighted by Gasteiger charge is 2.47. The molecule has 1 saturated carbocycles.